The molecule has 1 aromatic carbocycles. The van der Waals surface area contributed by atoms with Gasteiger partial charge in [-0.1, -0.05) is 30.7 Å². The van der Waals surface area contributed by atoms with Crippen LogP contribution in [0.4, 0.5) is 0 Å². The first-order valence-electron chi connectivity index (χ1n) is 8.78. The minimum atomic E-state index is -0.516. The smallest absolute Gasteiger partial charge is 0.328 e. The minimum absolute atomic E-state index is 0.0219. The van der Waals surface area contributed by atoms with Gasteiger partial charge in [-0.25, -0.2) is 4.79 Å². The molecule has 0 spiro atoms. The number of rotatable bonds is 3. The van der Waals surface area contributed by atoms with E-state index in [1.165, 1.54) is 13.5 Å². The van der Waals surface area contributed by atoms with Gasteiger partial charge in [0.25, 0.3) is 0 Å². The molecule has 2 unspecified atom stereocenters. The average Bonchev–Trinajstić information content (AvgIpc) is 2.61. The quantitative estimate of drug-likeness (QED) is 0.795. The van der Waals surface area contributed by atoms with Crippen LogP contribution in [0.1, 0.15) is 37.3 Å². The van der Waals surface area contributed by atoms with Crippen LogP contribution in [-0.4, -0.2) is 54.0 Å². The Labute approximate surface area is 143 Å². The molecular formula is C19H26N2O3. The van der Waals surface area contributed by atoms with E-state index in [2.05, 4.69) is 11.8 Å². The lowest BCUT2D eigenvalue weighted by atomic mass is 9.93. The number of piperidine rings is 1. The molecule has 2 aliphatic rings. The largest absolute Gasteiger partial charge is 0.467 e. The molecule has 1 saturated heterocycles. The van der Waals surface area contributed by atoms with Gasteiger partial charge in [-0.2, -0.15) is 0 Å². The Kier molecular flexibility index (Phi) is 5.19. The Morgan fingerprint density at radius 3 is 2.67 bits per heavy atom. The molecule has 1 amide bonds. The number of hydrogen-bond acceptors (Lipinski definition) is 4. The lowest BCUT2D eigenvalue weighted by molar-refractivity contribution is -0.154. The number of ether oxygens (including phenoxy) is 1. The summed E-state index contributed by atoms with van der Waals surface area (Å²) >= 11 is 0. The van der Waals surface area contributed by atoms with Crippen molar-refractivity contribution in [2.24, 2.45) is 0 Å². The molecule has 0 saturated carbocycles. The van der Waals surface area contributed by atoms with Crippen molar-refractivity contribution in [3.63, 3.8) is 0 Å². The van der Waals surface area contributed by atoms with Crippen molar-refractivity contribution in [3.05, 3.63) is 35.4 Å². The molecule has 2 aliphatic heterocycles. The van der Waals surface area contributed by atoms with E-state index in [1.807, 2.05) is 24.3 Å². The third-order valence-electron chi connectivity index (χ3n) is 5.32. The van der Waals surface area contributed by atoms with Gasteiger partial charge in [0.2, 0.25) is 5.91 Å². The summed E-state index contributed by atoms with van der Waals surface area (Å²) in [5, 5.41) is 0. The number of carbonyl (C=O) groups is 2. The van der Waals surface area contributed by atoms with Crippen LogP contribution in [-0.2, 0) is 27.3 Å². The average molecular weight is 330 g/mol. The Balaban J connectivity index is 1.78. The summed E-state index contributed by atoms with van der Waals surface area (Å²) in [5.41, 5.74) is 2.25. The molecule has 0 N–H and O–H groups in total. The summed E-state index contributed by atoms with van der Waals surface area (Å²) in [6.07, 6.45) is 4.04. The number of likely N-dealkylation sites (tertiary alicyclic amines) is 1. The monoisotopic (exact) mass is 330 g/mol. The van der Waals surface area contributed by atoms with Gasteiger partial charge in [-0.3, -0.25) is 9.69 Å². The van der Waals surface area contributed by atoms with Crippen molar-refractivity contribution >= 4 is 11.9 Å². The predicted molar refractivity (Wildman–Crippen MR) is 91.4 cm³/mol. The number of nitrogens with zero attached hydrogens (tertiary/aromatic N) is 2. The molecule has 5 heteroatoms. The first kappa shape index (κ1) is 17.0. The van der Waals surface area contributed by atoms with Crippen LogP contribution >= 0.6 is 0 Å². The highest BCUT2D eigenvalue weighted by atomic mass is 16.5. The molecule has 0 aliphatic carbocycles. The van der Waals surface area contributed by atoms with Crippen molar-refractivity contribution in [2.45, 2.75) is 51.2 Å². The SMILES string of the molecule is COC(=O)C1Cc2ccccc2CN1C(=O)CN1CCCCC1C. The van der Waals surface area contributed by atoms with Crippen LogP contribution in [0, 0.1) is 0 Å². The molecule has 0 bridgehead atoms. The molecule has 130 valence electrons. The number of hydrogen-bond donors (Lipinski definition) is 0. The van der Waals surface area contributed by atoms with Crippen LogP contribution in [0.5, 0.6) is 0 Å². The second-order valence-corrected chi connectivity index (χ2v) is 6.85. The van der Waals surface area contributed by atoms with Crippen molar-refractivity contribution in [3.8, 4) is 0 Å². The van der Waals surface area contributed by atoms with Crippen molar-refractivity contribution in [1.29, 1.82) is 0 Å². The van der Waals surface area contributed by atoms with Crippen molar-refractivity contribution < 1.29 is 14.3 Å². The standard InChI is InChI=1S/C19H26N2O3/c1-14-7-5-6-10-20(14)13-18(22)21-12-16-9-4-3-8-15(16)11-17(21)19(23)24-2/h3-4,8-9,14,17H,5-7,10-13H2,1-2H3. The van der Waals surface area contributed by atoms with Crippen molar-refractivity contribution in [2.75, 3.05) is 20.2 Å². The van der Waals surface area contributed by atoms with Crippen LogP contribution < -0.4 is 0 Å². The van der Waals surface area contributed by atoms with Gasteiger partial charge in [0.05, 0.1) is 13.7 Å². The molecule has 0 aromatic heterocycles. The molecule has 2 atom stereocenters. The zero-order chi connectivity index (χ0) is 17.1. The van der Waals surface area contributed by atoms with Gasteiger partial charge in [-0.05, 0) is 37.4 Å². The van der Waals surface area contributed by atoms with Gasteiger partial charge >= 0.3 is 5.97 Å². The fraction of sp³-hybridized carbons (Fsp3) is 0.579. The summed E-state index contributed by atoms with van der Waals surface area (Å²) < 4.78 is 4.95. The van der Waals surface area contributed by atoms with Crippen LogP contribution in [0.3, 0.4) is 0 Å². The van der Waals surface area contributed by atoms with E-state index in [4.69, 9.17) is 4.74 Å². The fourth-order valence-electron chi connectivity index (χ4n) is 3.79. The van der Waals surface area contributed by atoms with E-state index in [-0.39, 0.29) is 11.9 Å². The van der Waals surface area contributed by atoms with Gasteiger partial charge in [-0.15, -0.1) is 0 Å². The van der Waals surface area contributed by atoms with Crippen LogP contribution in [0.15, 0.2) is 24.3 Å². The van der Waals surface area contributed by atoms with Crippen molar-refractivity contribution in [1.82, 2.24) is 9.80 Å². The minimum Gasteiger partial charge on any atom is -0.467 e. The maximum absolute atomic E-state index is 12.9. The second kappa shape index (κ2) is 7.34. The number of esters is 1. The molecule has 5 nitrogen and oxygen atoms in total. The highest BCUT2D eigenvalue weighted by molar-refractivity contribution is 5.86. The Morgan fingerprint density at radius 2 is 1.96 bits per heavy atom. The summed E-state index contributed by atoms with van der Waals surface area (Å²) in [6.45, 7) is 4.00. The lowest BCUT2D eigenvalue weighted by Crippen LogP contribution is -2.53. The van der Waals surface area contributed by atoms with E-state index in [0.717, 1.165) is 30.5 Å². The lowest BCUT2D eigenvalue weighted by Gasteiger charge is -2.38. The topological polar surface area (TPSA) is 49.9 Å². The zero-order valence-corrected chi connectivity index (χ0v) is 14.5. The molecule has 3 rings (SSSR count). The molecule has 0 radical (unpaired) electrons. The van der Waals surface area contributed by atoms with Gasteiger partial charge in [0.15, 0.2) is 0 Å². The zero-order valence-electron chi connectivity index (χ0n) is 14.5. The highest BCUT2D eigenvalue weighted by Gasteiger charge is 2.36. The first-order chi connectivity index (χ1) is 11.6. The van der Waals surface area contributed by atoms with Crippen LogP contribution in [0.2, 0.25) is 0 Å². The maximum Gasteiger partial charge on any atom is 0.328 e. The summed E-state index contributed by atoms with van der Waals surface area (Å²) in [4.78, 5) is 29.1. The summed E-state index contributed by atoms with van der Waals surface area (Å²) in [5.74, 6) is -0.307. The van der Waals surface area contributed by atoms with Gasteiger partial charge in [0.1, 0.15) is 6.04 Å². The molecule has 1 fully saturated rings. The molecule has 24 heavy (non-hydrogen) atoms. The molecule has 2 heterocycles. The van der Waals surface area contributed by atoms with E-state index in [0.29, 0.717) is 25.6 Å². The summed E-state index contributed by atoms with van der Waals surface area (Å²) in [6, 6.07) is 7.92. The Hall–Kier alpha value is -1.88. The molecule has 1 aromatic rings. The first-order valence-corrected chi connectivity index (χ1v) is 8.78. The van der Waals surface area contributed by atoms with Gasteiger partial charge in [0, 0.05) is 19.0 Å². The number of carbonyl (C=O) groups excluding carboxylic acids is 2. The summed E-state index contributed by atoms with van der Waals surface area (Å²) in [7, 11) is 1.39. The Morgan fingerprint density at radius 1 is 1.21 bits per heavy atom. The van der Waals surface area contributed by atoms with Gasteiger partial charge < -0.3 is 9.64 Å². The third kappa shape index (κ3) is 3.46. The van der Waals surface area contributed by atoms with E-state index >= 15 is 0 Å². The maximum atomic E-state index is 12.9. The van der Waals surface area contributed by atoms with E-state index in [9.17, 15) is 9.59 Å². The van der Waals surface area contributed by atoms with E-state index < -0.39 is 6.04 Å². The second-order valence-electron chi connectivity index (χ2n) is 6.85. The van der Waals surface area contributed by atoms with E-state index in [1.54, 1.807) is 4.90 Å². The number of benzene rings is 1. The predicted octanol–water partition coefficient (Wildman–Crippen LogP) is 1.99. The third-order valence-corrected chi connectivity index (χ3v) is 5.32. The molecular weight excluding hydrogens is 304 g/mol. The normalized spacial score (nSPS) is 24.3. The number of amides is 1. The number of fused-ring (bicyclic) bond motifs is 1. The number of methoxy groups -OCH3 is 1. The van der Waals surface area contributed by atoms with Crippen LogP contribution in [0.25, 0.3) is 0 Å². The fourth-order valence-corrected chi connectivity index (χ4v) is 3.79. The Bertz CT molecular complexity index is 616. The highest BCUT2D eigenvalue weighted by Crippen LogP contribution is 2.25.